The summed E-state index contributed by atoms with van der Waals surface area (Å²) in [7, 11) is 0. The van der Waals surface area contributed by atoms with Crippen LogP contribution in [0.25, 0.3) is 0 Å². The van der Waals surface area contributed by atoms with Crippen molar-refractivity contribution in [2.75, 3.05) is 12.8 Å². The lowest BCUT2D eigenvalue weighted by Crippen LogP contribution is -2.48. The topological polar surface area (TPSA) is 83.4 Å². The standard InChI is InChI=1S/C16H23N3O3S/c1-10-12(11(2)18-16(17-10)23-3)7-8-14(20)19-9-5-4-6-13(19)15(21)22/h13H,4-9H2,1-3H3,(H,21,22)/t13-/m1/s1. The Balaban J connectivity index is 2.05. The van der Waals surface area contributed by atoms with E-state index < -0.39 is 12.0 Å². The number of thioether (sulfide) groups is 1. The number of aryl methyl sites for hydroxylation is 2. The quantitative estimate of drug-likeness (QED) is 0.655. The molecule has 1 saturated heterocycles. The number of rotatable bonds is 5. The molecule has 1 N–H and O–H groups in total. The van der Waals surface area contributed by atoms with E-state index in [1.54, 1.807) is 0 Å². The van der Waals surface area contributed by atoms with E-state index in [9.17, 15) is 14.7 Å². The van der Waals surface area contributed by atoms with Gasteiger partial charge >= 0.3 is 5.97 Å². The Morgan fingerprint density at radius 3 is 2.48 bits per heavy atom. The van der Waals surface area contributed by atoms with Crippen LogP contribution in [0.15, 0.2) is 5.16 Å². The van der Waals surface area contributed by atoms with Crippen molar-refractivity contribution in [2.24, 2.45) is 0 Å². The Morgan fingerprint density at radius 2 is 1.91 bits per heavy atom. The molecule has 0 bridgehead atoms. The average Bonchev–Trinajstić information content (AvgIpc) is 2.53. The van der Waals surface area contributed by atoms with Crippen molar-refractivity contribution in [3.8, 4) is 0 Å². The van der Waals surface area contributed by atoms with Crippen LogP contribution in [0.5, 0.6) is 0 Å². The Bertz CT molecular complexity index is 583. The third-order valence-corrected chi connectivity index (χ3v) is 4.83. The van der Waals surface area contributed by atoms with Gasteiger partial charge in [0.1, 0.15) is 6.04 Å². The smallest absolute Gasteiger partial charge is 0.326 e. The van der Waals surface area contributed by atoms with Crippen molar-refractivity contribution in [1.82, 2.24) is 14.9 Å². The van der Waals surface area contributed by atoms with Gasteiger partial charge in [-0.1, -0.05) is 11.8 Å². The summed E-state index contributed by atoms with van der Waals surface area (Å²) >= 11 is 1.49. The molecule has 23 heavy (non-hydrogen) atoms. The van der Waals surface area contributed by atoms with Gasteiger partial charge in [0.15, 0.2) is 5.16 Å². The van der Waals surface area contributed by atoms with Gasteiger partial charge in [0.25, 0.3) is 0 Å². The van der Waals surface area contributed by atoms with Crippen LogP contribution in [-0.4, -0.2) is 50.7 Å². The van der Waals surface area contributed by atoms with Crippen molar-refractivity contribution in [3.05, 3.63) is 17.0 Å². The fraction of sp³-hybridized carbons (Fsp3) is 0.625. The van der Waals surface area contributed by atoms with E-state index in [1.807, 2.05) is 20.1 Å². The van der Waals surface area contributed by atoms with Gasteiger partial charge in [0.2, 0.25) is 5.91 Å². The Kier molecular flexibility index (Phi) is 5.98. The van der Waals surface area contributed by atoms with Crippen LogP contribution in [0.2, 0.25) is 0 Å². The minimum Gasteiger partial charge on any atom is -0.480 e. The number of carboxylic acids is 1. The second-order valence-corrected chi connectivity index (χ2v) is 6.57. The zero-order valence-electron chi connectivity index (χ0n) is 13.8. The summed E-state index contributed by atoms with van der Waals surface area (Å²) in [5, 5.41) is 10.0. The molecule has 1 fully saturated rings. The average molecular weight is 337 g/mol. The van der Waals surface area contributed by atoms with Gasteiger partial charge < -0.3 is 10.0 Å². The number of aromatic nitrogens is 2. The van der Waals surface area contributed by atoms with E-state index in [1.165, 1.54) is 16.7 Å². The molecule has 2 heterocycles. The van der Waals surface area contributed by atoms with Gasteiger partial charge in [-0.15, -0.1) is 0 Å². The minimum atomic E-state index is -0.905. The molecule has 1 amide bonds. The maximum atomic E-state index is 12.4. The molecule has 0 spiro atoms. The highest BCUT2D eigenvalue weighted by molar-refractivity contribution is 7.98. The van der Waals surface area contributed by atoms with Crippen LogP contribution in [0.3, 0.4) is 0 Å². The van der Waals surface area contributed by atoms with Gasteiger partial charge in [0.05, 0.1) is 0 Å². The first-order chi connectivity index (χ1) is 10.9. The number of amides is 1. The molecule has 1 aromatic heterocycles. The third-order valence-electron chi connectivity index (χ3n) is 4.28. The number of carboxylic acid groups (broad SMARTS) is 1. The summed E-state index contributed by atoms with van der Waals surface area (Å²) in [4.78, 5) is 34.1. The van der Waals surface area contributed by atoms with E-state index in [4.69, 9.17) is 0 Å². The van der Waals surface area contributed by atoms with Crippen LogP contribution in [0.4, 0.5) is 0 Å². The number of aliphatic carboxylic acids is 1. The summed E-state index contributed by atoms with van der Waals surface area (Å²) in [6.45, 7) is 4.39. The zero-order chi connectivity index (χ0) is 17.0. The maximum Gasteiger partial charge on any atom is 0.326 e. The molecule has 0 aromatic carbocycles. The monoisotopic (exact) mass is 337 g/mol. The second kappa shape index (κ2) is 7.77. The summed E-state index contributed by atoms with van der Waals surface area (Å²) in [6, 6.07) is -0.673. The van der Waals surface area contributed by atoms with E-state index in [2.05, 4.69) is 9.97 Å². The highest BCUT2D eigenvalue weighted by atomic mass is 32.2. The highest BCUT2D eigenvalue weighted by Crippen LogP contribution is 2.21. The predicted molar refractivity (Wildman–Crippen MR) is 88.6 cm³/mol. The molecule has 2 rings (SSSR count). The van der Waals surface area contributed by atoms with Gasteiger partial charge in [0, 0.05) is 24.4 Å². The number of hydrogen-bond acceptors (Lipinski definition) is 5. The first-order valence-corrected chi connectivity index (χ1v) is 9.07. The number of hydrogen-bond donors (Lipinski definition) is 1. The molecule has 126 valence electrons. The Labute approximate surface area is 140 Å². The highest BCUT2D eigenvalue weighted by Gasteiger charge is 2.31. The number of nitrogens with zero attached hydrogens (tertiary/aromatic N) is 3. The van der Waals surface area contributed by atoms with Crippen molar-refractivity contribution >= 4 is 23.6 Å². The SMILES string of the molecule is CSc1nc(C)c(CCC(=O)N2CCCC[C@@H]2C(=O)O)c(C)n1. The molecule has 0 saturated carbocycles. The van der Waals surface area contributed by atoms with Crippen molar-refractivity contribution in [3.63, 3.8) is 0 Å². The summed E-state index contributed by atoms with van der Waals surface area (Å²) in [6.07, 6.45) is 5.06. The molecule has 0 radical (unpaired) electrons. The van der Waals surface area contributed by atoms with Crippen molar-refractivity contribution in [1.29, 1.82) is 0 Å². The molecule has 6 nitrogen and oxygen atoms in total. The van der Waals surface area contributed by atoms with Crippen LogP contribution in [0, 0.1) is 13.8 Å². The molecule has 1 aromatic rings. The molecule has 0 unspecified atom stereocenters. The van der Waals surface area contributed by atoms with Crippen LogP contribution in [-0.2, 0) is 16.0 Å². The lowest BCUT2D eigenvalue weighted by Gasteiger charge is -2.33. The van der Waals surface area contributed by atoms with E-state index in [0.717, 1.165) is 34.9 Å². The fourth-order valence-corrected chi connectivity index (χ4v) is 3.48. The molecular weight excluding hydrogens is 314 g/mol. The van der Waals surface area contributed by atoms with Crippen LogP contribution >= 0.6 is 11.8 Å². The van der Waals surface area contributed by atoms with Gasteiger partial charge in [-0.25, -0.2) is 14.8 Å². The number of piperidine rings is 1. The van der Waals surface area contributed by atoms with Crippen molar-refractivity contribution < 1.29 is 14.7 Å². The minimum absolute atomic E-state index is 0.0927. The lowest BCUT2D eigenvalue weighted by molar-refractivity contribution is -0.152. The third kappa shape index (κ3) is 4.22. The van der Waals surface area contributed by atoms with E-state index >= 15 is 0 Å². The number of carbonyl (C=O) groups excluding carboxylic acids is 1. The molecule has 0 aliphatic carbocycles. The van der Waals surface area contributed by atoms with Gasteiger partial charge in [-0.05, 0) is 51.3 Å². The van der Waals surface area contributed by atoms with Gasteiger partial charge in [-0.2, -0.15) is 0 Å². The van der Waals surface area contributed by atoms with E-state index in [0.29, 0.717) is 25.8 Å². The predicted octanol–water partition coefficient (Wildman–Crippen LogP) is 2.21. The van der Waals surface area contributed by atoms with E-state index in [-0.39, 0.29) is 5.91 Å². The molecule has 7 heteroatoms. The van der Waals surface area contributed by atoms with Gasteiger partial charge in [-0.3, -0.25) is 4.79 Å². The van der Waals surface area contributed by atoms with Crippen LogP contribution < -0.4 is 0 Å². The first kappa shape index (κ1) is 17.7. The molecular formula is C16H23N3O3S. The summed E-state index contributed by atoms with van der Waals surface area (Å²) in [5.41, 5.74) is 2.77. The van der Waals surface area contributed by atoms with Crippen molar-refractivity contribution in [2.45, 2.75) is 57.1 Å². The summed E-state index contributed by atoms with van der Waals surface area (Å²) < 4.78 is 0. The Hall–Kier alpha value is -1.63. The number of carbonyl (C=O) groups is 2. The summed E-state index contributed by atoms with van der Waals surface area (Å²) in [5.74, 6) is -0.997. The first-order valence-electron chi connectivity index (χ1n) is 7.84. The molecule has 1 atom stereocenters. The normalized spacial score (nSPS) is 18.0. The second-order valence-electron chi connectivity index (χ2n) is 5.80. The molecule has 1 aliphatic rings. The number of likely N-dealkylation sites (tertiary alicyclic amines) is 1. The Morgan fingerprint density at radius 1 is 1.26 bits per heavy atom. The van der Waals surface area contributed by atoms with Crippen LogP contribution in [0.1, 0.15) is 42.6 Å². The largest absolute Gasteiger partial charge is 0.480 e. The maximum absolute atomic E-state index is 12.4. The zero-order valence-corrected chi connectivity index (χ0v) is 14.7. The lowest BCUT2D eigenvalue weighted by atomic mass is 10.0. The fourth-order valence-electron chi connectivity index (χ4n) is 3.02. The molecule has 1 aliphatic heterocycles.